The van der Waals surface area contributed by atoms with Crippen LogP contribution in [0.3, 0.4) is 0 Å². The standard InChI is InChI=1S/C15H19IN2O2/c1-10-8-13(19)17-15(2,3)14(20)18(10)9-11-4-6-12(16)7-5-11/h4-7,10H,8-9H2,1-3H3,(H,17,19). The maximum absolute atomic E-state index is 12.6. The minimum absolute atomic E-state index is 0.0330. The lowest BCUT2D eigenvalue weighted by Crippen LogP contribution is -2.53. The summed E-state index contributed by atoms with van der Waals surface area (Å²) in [5.74, 6) is -0.102. The normalized spacial score (nSPS) is 22.4. The van der Waals surface area contributed by atoms with E-state index in [1.165, 1.54) is 3.57 Å². The van der Waals surface area contributed by atoms with E-state index in [1.807, 2.05) is 31.2 Å². The highest BCUT2D eigenvalue weighted by molar-refractivity contribution is 14.1. The van der Waals surface area contributed by atoms with Crippen LogP contribution in [0.25, 0.3) is 0 Å². The molecule has 1 aliphatic rings. The smallest absolute Gasteiger partial charge is 0.248 e. The zero-order chi connectivity index (χ0) is 14.9. The molecular weight excluding hydrogens is 367 g/mol. The van der Waals surface area contributed by atoms with Crippen molar-refractivity contribution >= 4 is 34.4 Å². The quantitative estimate of drug-likeness (QED) is 0.794. The molecule has 0 saturated carbocycles. The number of rotatable bonds is 2. The van der Waals surface area contributed by atoms with Crippen molar-refractivity contribution in [1.82, 2.24) is 10.2 Å². The van der Waals surface area contributed by atoms with Crippen LogP contribution in [0, 0.1) is 3.57 Å². The van der Waals surface area contributed by atoms with Crippen molar-refractivity contribution in [2.75, 3.05) is 0 Å². The molecule has 4 nitrogen and oxygen atoms in total. The molecule has 1 aromatic rings. The Labute approximate surface area is 133 Å². The van der Waals surface area contributed by atoms with E-state index in [2.05, 4.69) is 27.9 Å². The third-order valence-corrected chi connectivity index (χ3v) is 4.25. The Balaban J connectivity index is 2.25. The van der Waals surface area contributed by atoms with Gasteiger partial charge in [-0.3, -0.25) is 9.59 Å². The highest BCUT2D eigenvalue weighted by Crippen LogP contribution is 2.21. The molecule has 1 N–H and O–H groups in total. The summed E-state index contributed by atoms with van der Waals surface area (Å²) in [4.78, 5) is 26.2. The molecule has 2 amide bonds. The molecular formula is C15H19IN2O2. The van der Waals surface area contributed by atoms with Crippen molar-refractivity contribution in [3.05, 3.63) is 33.4 Å². The molecule has 1 fully saturated rings. The molecule has 2 rings (SSSR count). The van der Waals surface area contributed by atoms with Gasteiger partial charge in [0.1, 0.15) is 5.54 Å². The number of carbonyl (C=O) groups excluding carboxylic acids is 2. The van der Waals surface area contributed by atoms with Crippen molar-refractivity contribution in [3.63, 3.8) is 0 Å². The minimum atomic E-state index is -0.842. The van der Waals surface area contributed by atoms with Gasteiger partial charge in [-0.1, -0.05) is 12.1 Å². The second kappa shape index (κ2) is 5.71. The third kappa shape index (κ3) is 3.31. The molecule has 0 bridgehead atoms. The molecule has 0 radical (unpaired) electrons. The topological polar surface area (TPSA) is 49.4 Å². The van der Waals surface area contributed by atoms with Gasteiger partial charge in [-0.15, -0.1) is 0 Å². The molecule has 108 valence electrons. The average Bonchev–Trinajstić information content (AvgIpc) is 2.41. The fourth-order valence-electron chi connectivity index (χ4n) is 2.40. The monoisotopic (exact) mass is 386 g/mol. The second-order valence-electron chi connectivity index (χ2n) is 5.79. The van der Waals surface area contributed by atoms with Gasteiger partial charge >= 0.3 is 0 Å². The maximum Gasteiger partial charge on any atom is 0.248 e. The summed E-state index contributed by atoms with van der Waals surface area (Å²) in [6, 6.07) is 8.00. The first kappa shape index (κ1) is 15.3. The minimum Gasteiger partial charge on any atom is -0.342 e. The number of hydrogen-bond donors (Lipinski definition) is 1. The zero-order valence-corrected chi connectivity index (χ0v) is 14.1. The predicted octanol–water partition coefficient (Wildman–Crippen LogP) is 2.31. The largest absolute Gasteiger partial charge is 0.342 e. The number of halogens is 1. The van der Waals surface area contributed by atoms with E-state index in [0.29, 0.717) is 13.0 Å². The van der Waals surface area contributed by atoms with Crippen LogP contribution in [0.5, 0.6) is 0 Å². The van der Waals surface area contributed by atoms with E-state index in [1.54, 1.807) is 18.7 Å². The Morgan fingerprint density at radius 1 is 1.30 bits per heavy atom. The lowest BCUT2D eigenvalue weighted by atomic mass is 10.0. The van der Waals surface area contributed by atoms with Crippen LogP contribution in [0.4, 0.5) is 0 Å². The van der Waals surface area contributed by atoms with E-state index in [0.717, 1.165) is 5.56 Å². The van der Waals surface area contributed by atoms with Crippen LogP contribution in [-0.4, -0.2) is 28.3 Å². The molecule has 1 unspecified atom stereocenters. The molecule has 5 heteroatoms. The van der Waals surface area contributed by atoms with Gasteiger partial charge in [0.2, 0.25) is 11.8 Å². The summed E-state index contributed by atoms with van der Waals surface area (Å²) < 4.78 is 1.17. The Bertz CT molecular complexity index is 525. The molecule has 1 heterocycles. The summed E-state index contributed by atoms with van der Waals surface area (Å²) in [6.45, 7) is 5.97. The lowest BCUT2D eigenvalue weighted by molar-refractivity contribution is -0.139. The summed E-state index contributed by atoms with van der Waals surface area (Å²) in [5.41, 5.74) is 0.237. The summed E-state index contributed by atoms with van der Waals surface area (Å²) >= 11 is 2.25. The van der Waals surface area contributed by atoms with Crippen LogP contribution in [0.2, 0.25) is 0 Å². The fraction of sp³-hybridized carbons (Fsp3) is 0.467. The average molecular weight is 386 g/mol. The van der Waals surface area contributed by atoms with Gasteiger partial charge in [0, 0.05) is 22.6 Å². The van der Waals surface area contributed by atoms with Gasteiger partial charge < -0.3 is 10.2 Å². The number of carbonyl (C=O) groups is 2. The van der Waals surface area contributed by atoms with Crippen molar-refractivity contribution in [1.29, 1.82) is 0 Å². The van der Waals surface area contributed by atoms with Crippen molar-refractivity contribution < 1.29 is 9.59 Å². The van der Waals surface area contributed by atoms with E-state index in [4.69, 9.17) is 0 Å². The molecule has 1 saturated heterocycles. The molecule has 1 atom stereocenters. The molecule has 20 heavy (non-hydrogen) atoms. The Kier molecular flexibility index (Phi) is 4.36. The number of hydrogen-bond acceptors (Lipinski definition) is 2. The van der Waals surface area contributed by atoms with Crippen LogP contribution < -0.4 is 5.32 Å². The van der Waals surface area contributed by atoms with Crippen LogP contribution in [0.1, 0.15) is 32.8 Å². The predicted molar refractivity (Wildman–Crippen MR) is 86.0 cm³/mol. The van der Waals surface area contributed by atoms with Crippen molar-refractivity contribution in [2.45, 2.75) is 45.3 Å². The second-order valence-corrected chi connectivity index (χ2v) is 7.03. The zero-order valence-electron chi connectivity index (χ0n) is 11.9. The van der Waals surface area contributed by atoms with E-state index >= 15 is 0 Å². The van der Waals surface area contributed by atoms with Gasteiger partial charge in [-0.2, -0.15) is 0 Å². The van der Waals surface area contributed by atoms with E-state index < -0.39 is 5.54 Å². The van der Waals surface area contributed by atoms with Gasteiger partial charge in [0.05, 0.1) is 0 Å². The first-order valence-corrected chi connectivity index (χ1v) is 7.74. The van der Waals surface area contributed by atoms with E-state index in [9.17, 15) is 9.59 Å². The Morgan fingerprint density at radius 3 is 2.50 bits per heavy atom. The number of nitrogens with one attached hydrogen (secondary N) is 1. The van der Waals surface area contributed by atoms with Crippen LogP contribution >= 0.6 is 22.6 Å². The number of nitrogens with zero attached hydrogens (tertiary/aromatic N) is 1. The summed E-state index contributed by atoms with van der Waals surface area (Å²) in [5, 5.41) is 2.79. The molecule has 1 aliphatic heterocycles. The first-order valence-electron chi connectivity index (χ1n) is 6.66. The Morgan fingerprint density at radius 2 is 1.90 bits per heavy atom. The first-order chi connectivity index (χ1) is 9.29. The van der Waals surface area contributed by atoms with Crippen molar-refractivity contribution in [2.24, 2.45) is 0 Å². The third-order valence-electron chi connectivity index (χ3n) is 3.53. The maximum atomic E-state index is 12.6. The van der Waals surface area contributed by atoms with Gasteiger partial charge in [-0.25, -0.2) is 0 Å². The Hall–Kier alpha value is -1.11. The molecule has 0 spiro atoms. The molecule has 1 aromatic carbocycles. The summed E-state index contributed by atoms with van der Waals surface area (Å²) in [7, 11) is 0. The highest BCUT2D eigenvalue weighted by atomic mass is 127. The van der Waals surface area contributed by atoms with Gasteiger partial charge in [0.15, 0.2) is 0 Å². The SMILES string of the molecule is CC1CC(=O)NC(C)(C)C(=O)N1Cc1ccc(I)cc1. The fourth-order valence-corrected chi connectivity index (χ4v) is 2.76. The van der Waals surface area contributed by atoms with Gasteiger partial charge in [0.25, 0.3) is 0 Å². The highest BCUT2D eigenvalue weighted by Gasteiger charge is 2.39. The van der Waals surface area contributed by atoms with Crippen molar-refractivity contribution in [3.8, 4) is 0 Å². The number of amides is 2. The van der Waals surface area contributed by atoms with E-state index in [-0.39, 0.29) is 17.9 Å². The van der Waals surface area contributed by atoms with Crippen LogP contribution in [0.15, 0.2) is 24.3 Å². The number of benzene rings is 1. The van der Waals surface area contributed by atoms with Crippen LogP contribution in [-0.2, 0) is 16.1 Å². The molecule has 0 aliphatic carbocycles. The lowest BCUT2D eigenvalue weighted by Gasteiger charge is -2.32. The summed E-state index contributed by atoms with van der Waals surface area (Å²) in [6.07, 6.45) is 0.347. The van der Waals surface area contributed by atoms with Gasteiger partial charge in [-0.05, 0) is 61.1 Å². The molecule has 0 aromatic heterocycles.